The van der Waals surface area contributed by atoms with E-state index < -0.39 is 0 Å². The Kier molecular flexibility index (Phi) is 3.94. The lowest BCUT2D eigenvalue weighted by atomic mass is 9.97. The Labute approximate surface area is 90.1 Å². The van der Waals surface area contributed by atoms with Crippen LogP contribution in [0.25, 0.3) is 0 Å². The Morgan fingerprint density at radius 1 is 1.60 bits per heavy atom. The molecule has 5 nitrogen and oxygen atoms in total. The van der Waals surface area contributed by atoms with Crippen LogP contribution in [-0.2, 0) is 4.74 Å². The molecule has 1 rings (SSSR count). The van der Waals surface area contributed by atoms with Crippen molar-refractivity contribution in [3.8, 4) is 0 Å². The SMILES string of the molecule is CC(C)OC(=O)N1CCCC(C(=N)N)C1. The first-order valence-electron chi connectivity index (χ1n) is 5.30. The molecular weight excluding hydrogens is 194 g/mol. The van der Waals surface area contributed by atoms with Crippen LogP contribution in [0.3, 0.4) is 0 Å². The first-order valence-corrected chi connectivity index (χ1v) is 5.30. The zero-order chi connectivity index (χ0) is 11.4. The molecule has 0 spiro atoms. The number of likely N-dealkylation sites (tertiary alicyclic amines) is 1. The molecule has 1 aliphatic rings. The summed E-state index contributed by atoms with van der Waals surface area (Å²) in [6.07, 6.45) is 1.38. The standard InChI is InChI=1S/C10H19N3O2/c1-7(2)15-10(14)13-5-3-4-8(6-13)9(11)12/h7-8H,3-6H2,1-2H3,(H3,11,12). The zero-order valence-electron chi connectivity index (χ0n) is 9.32. The maximum atomic E-state index is 11.6. The summed E-state index contributed by atoms with van der Waals surface area (Å²) in [6, 6.07) is 0. The number of nitrogens with one attached hydrogen (secondary N) is 1. The molecule has 1 saturated heterocycles. The molecule has 1 heterocycles. The highest BCUT2D eigenvalue weighted by molar-refractivity contribution is 5.80. The summed E-state index contributed by atoms with van der Waals surface area (Å²) < 4.78 is 5.09. The van der Waals surface area contributed by atoms with Crippen LogP contribution < -0.4 is 5.73 Å². The van der Waals surface area contributed by atoms with E-state index in [0.717, 1.165) is 12.8 Å². The van der Waals surface area contributed by atoms with Gasteiger partial charge in [0.25, 0.3) is 0 Å². The number of carbonyl (C=O) groups excluding carboxylic acids is 1. The van der Waals surface area contributed by atoms with Crippen LogP contribution in [0.4, 0.5) is 4.79 Å². The van der Waals surface area contributed by atoms with Crippen molar-refractivity contribution < 1.29 is 9.53 Å². The lowest BCUT2D eigenvalue weighted by Gasteiger charge is -2.31. The van der Waals surface area contributed by atoms with Gasteiger partial charge in [-0.3, -0.25) is 5.41 Å². The molecule has 1 aliphatic heterocycles. The summed E-state index contributed by atoms with van der Waals surface area (Å²) in [5.41, 5.74) is 5.44. The largest absolute Gasteiger partial charge is 0.447 e. The molecule has 1 amide bonds. The number of nitrogens with zero attached hydrogens (tertiary/aromatic N) is 1. The first kappa shape index (κ1) is 11.8. The summed E-state index contributed by atoms with van der Waals surface area (Å²) in [7, 11) is 0. The number of nitrogens with two attached hydrogens (primary N) is 1. The van der Waals surface area contributed by atoms with E-state index in [2.05, 4.69) is 0 Å². The number of amides is 1. The molecular formula is C10H19N3O2. The molecule has 3 N–H and O–H groups in total. The van der Waals surface area contributed by atoms with Crippen molar-refractivity contribution in [2.24, 2.45) is 11.7 Å². The molecule has 1 atom stereocenters. The molecule has 0 aliphatic carbocycles. The van der Waals surface area contributed by atoms with Gasteiger partial charge in [-0.15, -0.1) is 0 Å². The highest BCUT2D eigenvalue weighted by atomic mass is 16.6. The normalized spacial score (nSPS) is 21.5. The fourth-order valence-corrected chi connectivity index (χ4v) is 1.67. The third-order valence-electron chi connectivity index (χ3n) is 2.46. The average molecular weight is 213 g/mol. The lowest BCUT2D eigenvalue weighted by molar-refractivity contribution is 0.0674. The summed E-state index contributed by atoms with van der Waals surface area (Å²) >= 11 is 0. The van der Waals surface area contributed by atoms with E-state index in [0.29, 0.717) is 13.1 Å². The van der Waals surface area contributed by atoms with E-state index in [-0.39, 0.29) is 24.0 Å². The van der Waals surface area contributed by atoms with E-state index in [4.69, 9.17) is 15.9 Å². The van der Waals surface area contributed by atoms with E-state index in [1.807, 2.05) is 13.8 Å². The van der Waals surface area contributed by atoms with Gasteiger partial charge in [-0.1, -0.05) is 0 Å². The Morgan fingerprint density at radius 3 is 2.80 bits per heavy atom. The number of carbonyl (C=O) groups is 1. The van der Waals surface area contributed by atoms with Crippen molar-refractivity contribution in [3.05, 3.63) is 0 Å². The second-order valence-electron chi connectivity index (χ2n) is 4.17. The van der Waals surface area contributed by atoms with Crippen molar-refractivity contribution in [2.45, 2.75) is 32.8 Å². The second kappa shape index (κ2) is 5.00. The smallest absolute Gasteiger partial charge is 0.410 e. The predicted molar refractivity (Wildman–Crippen MR) is 57.8 cm³/mol. The summed E-state index contributed by atoms with van der Waals surface area (Å²) in [6.45, 7) is 4.87. The molecule has 0 bridgehead atoms. The van der Waals surface area contributed by atoms with E-state index in [1.165, 1.54) is 0 Å². The Hall–Kier alpha value is -1.26. The maximum absolute atomic E-state index is 11.6. The summed E-state index contributed by atoms with van der Waals surface area (Å²) in [5.74, 6) is 0.163. The minimum Gasteiger partial charge on any atom is -0.447 e. The van der Waals surface area contributed by atoms with Gasteiger partial charge in [0.05, 0.1) is 11.9 Å². The topological polar surface area (TPSA) is 79.4 Å². The van der Waals surface area contributed by atoms with Gasteiger partial charge in [-0.2, -0.15) is 0 Å². The predicted octanol–water partition coefficient (Wildman–Crippen LogP) is 1.18. The average Bonchev–Trinajstić information content (AvgIpc) is 2.17. The third-order valence-corrected chi connectivity index (χ3v) is 2.46. The minimum absolute atomic E-state index is 0.00142. The Bertz CT molecular complexity index is 253. The van der Waals surface area contributed by atoms with Gasteiger partial charge in [0.1, 0.15) is 0 Å². The van der Waals surface area contributed by atoms with Crippen LogP contribution in [0.15, 0.2) is 0 Å². The van der Waals surface area contributed by atoms with Crippen LogP contribution >= 0.6 is 0 Å². The van der Waals surface area contributed by atoms with E-state index in [1.54, 1.807) is 4.90 Å². The highest BCUT2D eigenvalue weighted by Crippen LogP contribution is 2.17. The number of ether oxygens (including phenoxy) is 1. The molecule has 0 aromatic heterocycles. The van der Waals surface area contributed by atoms with Crippen molar-refractivity contribution >= 4 is 11.9 Å². The maximum Gasteiger partial charge on any atom is 0.410 e. The lowest BCUT2D eigenvalue weighted by Crippen LogP contribution is -2.44. The van der Waals surface area contributed by atoms with Gasteiger partial charge >= 0.3 is 6.09 Å². The number of rotatable bonds is 2. The van der Waals surface area contributed by atoms with Crippen LogP contribution in [0, 0.1) is 11.3 Å². The molecule has 86 valence electrons. The zero-order valence-corrected chi connectivity index (χ0v) is 9.32. The molecule has 1 unspecified atom stereocenters. The quantitative estimate of drug-likeness (QED) is 0.534. The fraction of sp³-hybridized carbons (Fsp3) is 0.800. The van der Waals surface area contributed by atoms with Gasteiger partial charge in [0.2, 0.25) is 0 Å². The van der Waals surface area contributed by atoms with Gasteiger partial charge in [-0.25, -0.2) is 4.79 Å². The van der Waals surface area contributed by atoms with Crippen molar-refractivity contribution in [3.63, 3.8) is 0 Å². The van der Waals surface area contributed by atoms with Gasteiger partial charge in [0, 0.05) is 19.0 Å². The van der Waals surface area contributed by atoms with Gasteiger partial charge < -0.3 is 15.4 Å². The molecule has 15 heavy (non-hydrogen) atoms. The molecule has 0 aromatic rings. The first-order chi connectivity index (χ1) is 7.00. The third kappa shape index (κ3) is 3.42. The van der Waals surface area contributed by atoms with Crippen molar-refractivity contribution in [1.29, 1.82) is 5.41 Å². The molecule has 0 aromatic carbocycles. The number of hydrogen-bond donors (Lipinski definition) is 2. The van der Waals surface area contributed by atoms with Gasteiger partial charge in [-0.05, 0) is 26.7 Å². The van der Waals surface area contributed by atoms with Crippen LogP contribution in [0.1, 0.15) is 26.7 Å². The summed E-state index contributed by atoms with van der Waals surface area (Å²) in [5, 5.41) is 7.36. The van der Waals surface area contributed by atoms with E-state index >= 15 is 0 Å². The summed E-state index contributed by atoms with van der Waals surface area (Å²) in [4.78, 5) is 13.2. The minimum atomic E-state index is -0.295. The Morgan fingerprint density at radius 2 is 2.27 bits per heavy atom. The molecule has 5 heteroatoms. The van der Waals surface area contributed by atoms with Crippen LogP contribution in [0.5, 0.6) is 0 Å². The fourth-order valence-electron chi connectivity index (χ4n) is 1.67. The number of hydrogen-bond acceptors (Lipinski definition) is 3. The van der Waals surface area contributed by atoms with Crippen molar-refractivity contribution in [2.75, 3.05) is 13.1 Å². The van der Waals surface area contributed by atoms with E-state index in [9.17, 15) is 4.79 Å². The molecule has 1 fully saturated rings. The highest BCUT2D eigenvalue weighted by Gasteiger charge is 2.26. The molecule has 0 saturated carbocycles. The number of piperidine rings is 1. The number of amidine groups is 1. The van der Waals surface area contributed by atoms with Crippen molar-refractivity contribution in [1.82, 2.24) is 4.90 Å². The monoisotopic (exact) mass is 213 g/mol. The second-order valence-corrected chi connectivity index (χ2v) is 4.17. The Balaban J connectivity index is 2.48. The van der Waals surface area contributed by atoms with Gasteiger partial charge in [0.15, 0.2) is 0 Å². The van der Waals surface area contributed by atoms with Crippen LogP contribution in [0.2, 0.25) is 0 Å². The van der Waals surface area contributed by atoms with Crippen LogP contribution in [-0.4, -0.2) is 36.0 Å². The molecule has 0 radical (unpaired) electrons.